The second-order valence-electron chi connectivity index (χ2n) is 2.67. The molecule has 0 aromatic rings. The number of ether oxygens (including phenoxy) is 1. The summed E-state index contributed by atoms with van der Waals surface area (Å²) in [6, 6.07) is 0. The summed E-state index contributed by atoms with van der Waals surface area (Å²) in [5.41, 5.74) is 0. The smallest absolute Gasteiger partial charge is 0.148 e. The first-order valence-corrected chi connectivity index (χ1v) is 3.40. The molecule has 0 spiro atoms. The molecule has 1 aliphatic heterocycles. The fourth-order valence-corrected chi connectivity index (χ4v) is 1.10. The molecule has 9 heavy (non-hydrogen) atoms. The van der Waals surface area contributed by atoms with Crippen LogP contribution in [0.25, 0.3) is 0 Å². The van der Waals surface area contributed by atoms with Crippen molar-refractivity contribution in [2.24, 2.45) is 5.92 Å². The number of carbonyl (C=O) groups is 1. The van der Waals surface area contributed by atoms with E-state index in [9.17, 15) is 4.79 Å². The molecule has 0 unspecified atom stereocenters. The van der Waals surface area contributed by atoms with Gasteiger partial charge in [-0.25, -0.2) is 0 Å². The van der Waals surface area contributed by atoms with E-state index in [4.69, 9.17) is 4.74 Å². The number of hydrogen-bond donors (Lipinski definition) is 0. The SMILES string of the molecule is C[C@H]1CCO[C@@H](C=O)C1. The van der Waals surface area contributed by atoms with Gasteiger partial charge in [-0.3, -0.25) is 0 Å². The minimum atomic E-state index is -0.117. The summed E-state index contributed by atoms with van der Waals surface area (Å²) < 4.78 is 5.13. The molecule has 0 saturated carbocycles. The van der Waals surface area contributed by atoms with Crippen molar-refractivity contribution in [2.75, 3.05) is 6.61 Å². The van der Waals surface area contributed by atoms with Crippen molar-refractivity contribution >= 4 is 6.29 Å². The summed E-state index contributed by atoms with van der Waals surface area (Å²) >= 11 is 0. The Labute approximate surface area is 55.2 Å². The van der Waals surface area contributed by atoms with E-state index in [1.807, 2.05) is 0 Å². The highest BCUT2D eigenvalue weighted by atomic mass is 16.5. The van der Waals surface area contributed by atoms with Crippen molar-refractivity contribution in [3.63, 3.8) is 0 Å². The highest BCUT2D eigenvalue weighted by Gasteiger charge is 2.17. The van der Waals surface area contributed by atoms with E-state index in [1.165, 1.54) is 0 Å². The largest absolute Gasteiger partial charge is 0.371 e. The van der Waals surface area contributed by atoms with E-state index in [2.05, 4.69) is 6.92 Å². The van der Waals surface area contributed by atoms with Crippen LogP contribution in [0.1, 0.15) is 19.8 Å². The second kappa shape index (κ2) is 2.97. The summed E-state index contributed by atoms with van der Waals surface area (Å²) in [6.45, 7) is 2.91. The van der Waals surface area contributed by atoms with Gasteiger partial charge in [0.05, 0.1) is 0 Å². The fraction of sp³-hybridized carbons (Fsp3) is 0.857. The maximum Gasteiger partial charge on any atom is 0.148 e. The maximum atomic E-state index is 10.2. The van der Waals surface area contributed by atoms with Crippen LogP contribution in [0.2, 0.25) is 0 Å². The van der Waals surface area contributed by atoms with Crippen LogP contribution in [0.4, 0.5) is 0 Å². The first-order chi connectivity index (χ1) is 4.33. The van der Waals surface area contributed by atoms with Crippen molar-refractivity contribution in [1.82, 2.24) is 0 Å². The van der Waals surface area contributed by atoms with Crippen LogP contribution < -0.4 is 0 Å². The Balaban J connectivity index is 2.31. The predicted octanol–water partition coefficient (Wildman–Crippen LogP) is 1.00. The van der Waals surface area contributed by atoms with Crippen LogP contribution >= 0.6 is 0 Å². The molecule has 2 heteroatoms. The first-order valence-electron chi connectivity index (χ1n) is 3.40. The van der Waals surface area contributed by atoms with Gasteiger partial charge in [-0.1, -0.05) is 6.92 Å². The normalized spacial score (nSPS) is 36.1. The van der Waals surface area contributed by atoms with E-state index < -0.39 is 0 Å². The Morgan fingerprint density at radius 2 is 2.44 bits per heavy atom. The minimum Gasteiger partial charge on any atom is -0.371 e. The first kappa shape index (κ1) is 6.75. The molecule has 0 aromatic carbocycles. The van der Waals surface area contributed by atoms with E-state index in [0.29, 0.717) is 5.92 Å². The summed E-state index contributed by atoms with van der Waals surface area (Å²) in [7, 11) is 0. The third-order valence-electron chi connectivity index (χ3n) is 1.73. The molecule has 1 fully saturated rings. The number of rotatable bonds is 1. The van der Waals surface area contributed by atoms with E-state index in [1.54, 1.807) is 0 Å². The highest BCUT2D eigenvalue weighted by Crippen LogP contribution is 2.17. The van der Waals surface area contributed by atoms with Crippen molar-refractivity contribution in [2.45, 2.75) is 25.9 Å². The van der Waals surface area contributed by atoms with Crippen LogP contribution in [-0.2, 0) is 9.53 Å². The molecule has 0 radical (unpaired) electrons. The van der Waals surface area contributed by atoms with Crippen molar-refractivity contribution in [3.8, 4) is 0 Å². The molecule has 1 aliphatic rings. The Bertz CT molecular complexity index is 101. The Morgan fingerprint density at radius 1 is 1.67 bits per heavy atom. The molecule has 2 nitrogen and oxygen atoms in total. The number of carbonyl (C=O) groups excluding carboxylic acids is 1. The van der Waals surface area contributed by atoms with Gasteiger partial charge in [0.1, 0.15) is 12.4 Å². The summed E-state index contributed by atoms with van der Waals surface area (Å²) in [6.07, 6.45) is 2.79. The van der Waals surface area contributed by atoms with Crippen LogP contribution in [0.15, 0.2) is 0 Å². The lowest BCUT2D eigenvalue weighted by atomic mass is 9.99. The lowest BCUT2D eigenvalue weighted by Crippen LogP contribution is -2.25. The molecule has 0 bridgehead atoms. The highest BCUT2D eigenvalue weighted by molar-refractivity contribution is 5.56. The molecule has 0 amide bonds. The monoisotopic (exact) mass is 128 g/mol. The molecule has 52 valence electrons. The van der Waals surface area contributed by atoms with Gasteiger partial charge >= 0.3 is 0 Å². The van der Waals surface area contributed by atoms with Gasteiger partial charge < -0.3 is 9.53 Å². The molecule has 0 N–H and O–H groups in total. The van der Waals surface area contributed by atoms with Crippen LogP contribution in [-0.4, -0.2) is 19.0 Å². The third-order valence-corrected chi connectivity index (χ3v) is 1.73. The summed E-state index contributed by atoms with van der Waals surface area (Å²) in [5, 5.41) is 0. The van der Waals surface area contributed by atoms with E-state index in [-0.39, 0.29) is 6.10 Å². The zero-order valence-corrected chi connectivity index (χ0v) is 5.67. The average molecular weight is 128 g/mol. The maximum absolute atomic E-state index is 10.2. The van der Waals surface area contributed by atoms with Crippen molar-refractivity contribution in [1.29, 1.82) is 0 Å². The van der Waals surface area contributed by atoms with Gasteiger partial charge in [0.2, 0.25) is 0 Å². The summed E-state index contributed by atoms with van der Waals surface area (Å²) in [5.74, 6) is 0.661. The summed E-state index contributed by atoms with van der Waals surface area (Å²) in [4.78, 5) is 10.2. The molecule has 0 aliphatic carbocycles. The van der Waals surface area contributed by atoms with Gasteiger partial charge in [0, 0.05) is 6.61 Å². The van der Waals surface area contributed by atoms with Crippen molar-refractivity contribution in [3.05, 3.63) is 0 Å². The zero-order chi connectivity index (χ0) is 6.69. The lowest BCUT2D eigenvalue weighted by molar-refractivity contribution is -0.122. The Hall–Kier alpha value is -0.370. The van der Waals surface area contributed by atoms with Gasteiger partial charge in [-0.05, 0) is 18.8 Å². The Morgan fingerprint density at radius 3 is 2.89 bits per heavy atom. The molecule has 2 atom stereocenters. The molecule has 0 aromatic heterocycles. The van der Waals surface area contributed by atoms with E-state index in [0.717, 1.165) is 25.7 Å². The van der Waals surface area contributed by atoms with Crippen LogP contribution in [0.3, 0.4) is 0 Å². The lowest BCUT2D eigenvalue weighted by Gasteiger charge is -2.22. The average Bonchev–Trinajstić information content (AvgIpc) is 1.88. The molecular weight excluding hydrogens is 116 g/mol. The van der Waals surface area contributed by atoms with Gasteiger partial charge in [-0.2, -0.15) is 0 Å². The fourth-order valence-electron chi connectivity index (χ4n) is 1.10. The van der Waals surface area contributed by atoms with E-state index >= 15 is 0 Å². The third kappa shape index (κ3) is 1.79. The molecule has 1 rings (SSSR count). The molecule has 1 heterocycles. The number of aldehydes is 1. The zero-order valence-electron chi connectivity index (χ0n) is 5.67. The standard InChI is InChI=1S/C7H12O2/c1-6-2-3-9-7(4-6)5-8/h5-7H,2-4H2,1H3/t6-,7+/m0/s1. The second-order valence-corrected chi connectivity index (χ2v) is 2.67. The predicted molar refractivity (Wildman–Crippen MR) is 34.2 cm³/mol. The minimum absolute atomic E-state index is 0.117. The Kier molecular flexibility index (Phi) is 2.22. The molecule has 1 saturated heterocycles. The van der Waals surface area contributed by atoms with Gasteiger partial charge in [0.25, 0.3) is 0 Å². The quantitative estimate of drug-likeness (QED) is 0.492. The van der Waals surface area contributed by atoms with Crippen molar-refractivity contribution < 1.29 is 9.53 Å². The topological polar surface area (TPSA) is 26.3 Å². The number of hydrogen-bond acceptors (Lipinski definition) is 2. The van der Waals surface area contributed by atoms with Gasteiger partial charge in [0.15, 0.2) is 0 Å². The van der Waals surface area contributed by atoms with Crippen LogP contribution in [0, 0.1) is 5.92 Å². The van der Waals surface area contributed by atoms with Crippen LogP contribution in [0.5, 0.6) is 0 Å². The molecular formula is C7H12O2. The van der Waals surface area contributed by atoms with Gasteiger partial charge in [-0.15, -0.1) is 0 Å².